The molecular formula is C13H20N4O3S2. The molecule has 3 fully saturated rings. The fraction of sp³-hybridized carbons (Fsp3) is 0.846. The lowest BCUT2D eigenvalue weighted by Gasteiger charge is -2.19. The molecule has 3 aliphatic rings. The quantitative estimate of drug-likeness (QED) is 0.831. The highest BCUT2D eigenvalue weighted by molar-refractivity contribution is 7.90. The van der Waals surface area contributed by atoms with Crippen molar-refractivity contribution in [3.05, 3.63) is 5.01 Å². The summed E-state index contributed by atoms with van der Waals surface area (Å²) in [6.45, 7) is 4.78. The van der Waals surface area contributed by atoms with Crippen molar-refractivity contribution in [1.82, 2.24) is 14.9 Å². The van der Waals surface area contributed by atoms with Crippen LogP contribution in [-0.4, -0.2) is 56.2 Å². The van der Waals surface area contributed by atoms with Crippen molar-refractivity contribution in [1.29, 1.82) is 0 Å². The molecule has 0 bridgehead atoms. The van der Waals surface area contributed by atoms with Gasteiger partial charge in [-0.05, 0) is 19.8 Å². The molecule has 0 radical (unpaired) electrons. The van der Waals surface area contributed by atoms with Crippen LogP contribution in [0.5, 0.6) is 0 Å². The van der Waals surface area contributed by atoms with Gasteiger partial charge in [-0.3, -0.25) is 0 Å². The van der Waals surface area contributed by atoms with Gasteiger partial charge in [0.1, 0.15) is 5.01 Å². The van der Waals surface area contributed by atoms with Gasteiger partial charge in [0, 0.05) is 31.5 Å². The minimum Gasteiger partial charge on any atom is -0.376 e. The van der Waals surface area contributed by atoms with Gasteiger partial charge >= 0.3 is 0 Å². The molecule has 1 aromatic heterocycles. The molecule has 4 rings (SSSR count). The Morgan fingerprint density at radius 2 is 2.18 bits per heavy atom. The van der Waals surface area contributed by atoms with E-state index in [2.05, 4.69) is 19.8 Å². The van der Waals surface area contributed by atoms with E-state index in [4.69, 9.17) is 4.74 Å². The predicted octanol–water partition coefficient (Wildman–Crippen LogP) is 0.380. The van der Waals surface area contributed by atoms with Gasteiger partial charge in [-0.25, -0.2) is 13.1 Å². The van der Waals surface area contributed by atoms with Gasteiger partial charge in [-0.15, -0.1) is 10.2 Å². The monoisotopic (exact) mass is 344 g/mol. The first-order chi connectivity index (χ1) is 10.5. The summed E-state index contributed by atoms with van der Waals surface area (Å²) in [5.41, 5.74) is 0. The minimum absolute atomic E-state index is 0.157. The standard InChI is InChI=1S/C13H20N4O3S2/c1-8-15-16-13(21-8)17-5-11-9(7-20-12(11)6-17)4-14-22(18,19)10-2-3-10/h9-12,14H,2-7H2,1H3/t9-,11+,12+/m0/s1. The van der Waals surface area contributed by atoms with Crippen molar-refractivity contribution >= 4 is 26.5 Å². The molecule has 2 aliphatic heterocycles. The van der Waals surface area contributed by atoms with E-state index in [0.29, 0.717) is 19.1 Å². The summed E-state index contributed by atoms with van der Waals surface area (Å²) in [5.74, 6) is 0.614. The van der Waals surface area contributed by atoms with Crippen LogP contribution in [0.1, 0.15) is 17.8 Å². The SMILES string of the molecule is Cc1nnc(N2C[C@@H]3[C@@H](CNS(=O)(=O)C4CC4)CO[C@@H]3C2)s1. The van der Waals surface area contributed by atoms with Crippen LogP contribution in [0.15, 0.2) is 0 Å². The molecular weight excluding hydrogens is 324 g/mol. The maximum atomic E-state index is 12.0. The Hall–Kier alpha value is -0.770. The third kappa shape index (κ3) is 2.75. The number of aromatic nitrogens is 2. The lowest BCUT2D eigenvalue weighted by Crippen LogP contribution is -2.35. The first-order valence-electron chi connectivity index (χ1n) is 7.68. The Morgan fingerprint density at radius 1 is 1.36 bits per heavy atom. The van der Waals surface area contributed by atoms with E-state index >= 15 is 0 Å². The fourth-order valence-electron chi connectivity index (χ4n) is 3.30. The maximum absolute atomic E-state index is 12.0. The van der Waals surface area contributed by atoms with E-state index < -0.39 is 10.0 Å². The van der Waals surface area contributed by atoms with E-state index in [-0.39, 0.29) is 17.3 Å². The molecule has 3 atom stereocenters. The van der Waals surface area contributed by atoms with E-state index in [9.17, 15) is 8.42 Å². The van der Waals surface area contributed by atoms with E-state index in [1.165, 1.54) is 0 Å². The molecule has 22 heavy (non-hydrogen) atoms. The van der Waals surface area contributed by atoms with Crippen molar-refractivity contribution in [2.75, 3.05) is 31.1 Å². The lowest BCUT2D eigenvalue weighted by molar-refractivity contribution is 0.111. The summed E-state index contributed by atoms with van der Waals surface area (Å²) in [6.07, 6.45) is 1.78. The van der Waals surface area contributed by atoms with Crippen LogP contribution in [0.3, 0.4) is 0 Å². The maximum Gasteiger partial charge on any atom is 0.214 e. The molecule has 1 aliphatic carbocycles. The highest BCUT2D eigenvalue weighted by Gasteiger charge is 2.45. The zero-order valence-electron chi connectivity index (χ0n) is 12.4. The van der Waals surface area contributed by atoms with Gasteiger partial charge in [-0.2, -0.15) is 0 Å². The number of nitrogens with zero attached hydrogens (tertiary/aromatic N) is 3. The summed E-state index contributed by atoms with van der Waals surface area (Å²) >= 11 is 1.59. The Morgan fingerprint density at radius 3 is 2.86 bits per heavy atom. The number of rotatable bonds is 5. The van der Waals surface area contributed by atoms with Gasteiger partial charge in [-0.1, -0.05) is 11.3 Å². The van der Waals surface area contributed by atoms with Crippen LogP contribution < -0.4 is 9.62 Å². The number of hydrogen-bond donors (Lipinski definition) is 1. The van der Waals surface area contributed by atoms with Gasteiger partial charge < -0.3 is 9.64 Å². The predicted molar refractivity (Wildman–Crippen MR) is 83.5 cm³/mol. The van der Waals surface area contributed by atoms with Crippen LogP contribution >= 0.6 is 11.3 Å². The highest BCUT2D eigenvalue weighted by atomic mass is 32.2. The Balaban J connectivity index is 1.38. The third-order valence-electron chi connectivity index (χ3n) is 4.73. The number of sulfonamides is 1. The average Bonchev–Trinajstić information content (AvgIpc) is 2.96. The molecule has 0 spiro atoms. The molecule has 1 N–H and O–H groups in total. The molecule has 1 aromatic rings. The zero-order valence-corrected chi connectivity index (χ0v) is 14.1. The van der Waals surface area contributed by atoms with E-state index in [1.54, 1.807) is 11.3 Å². The molecule has 0 amide bonds. The first-order valence-corrected chi connectivity index (χ1v) is 10.0. The average molecular weight is 344 g/mol. The van der Waals surface area contributed by atoms with Crippen LogP contribution in [-0.2, 0) is 14.8 Å². The molecule has 9 heteroatoms. The van der Waals surface area contributed by atoms with Gasteiger partial charge in [0.15, 0.2) is 0 Å². The van der Waals surface area contributed by atoms with Gasteiger partial charge in [0.2, 0.25) is 15.2 Å². The van der Waals surface area contributed by atoms with Crippen molar-refractivity contribution < 1.29 is 13.2 Å². The smallest absolute Gasteiger partial charge is 0.214 e. The molecule has 122 valence electrons. The lowest BCUT2D eigenvalue weighted by atomic mass is 9.93. The van der Waals surface area contributed by atoms with E-state index in [0.717, 1.165) is 36.1 Å². The summed E-state index contributed by atoms with van der Waals surface area (Å²) in [7, 11) is -3.11. The Bertz CT molecular complexity index is 658. The molecule has 1 saturated carbocycles. The third-order valence-corrected chi connectivity index (χ3v) is 7.55. The van der Waals surface area contributed by atoms with Crippen molar-refractivity contribution in [3.8, 4) is 0 Å². The number of aryl methyl sites for hydroxylation is 1. The largest absolute Gasteiger partial charge is 0.376 e. The second-order valence-electron chi connectivity index (χ2n) is 6.40. The summed E-state index contributed by atoms with van der Waals surface area (Å²) in [4.78, 5) is 2.21. The van der Waals surface area contributed by atoms with E-state index in [1.807, 2.05) is 6.92 Å². The highest BCUT2D eigenvalue weighted by Crippen LogP contribution is 2.37. The molecule has 7 nitrogen and oxygen atoms in total. The number of fused-ring (bicyclic) bond motifs is 1. The fourth-order valence-corrected chi connectivity index (χ4v) is 5.44. The van der Waals surface area contributed by atoms with Gasteiger partial charge in [0.05, 0.1) is 18.0 Å². The minimum atomic E-state index is -3.11. The molecule has 0 aromatic carbocycles. The second kappa shape index (κ2) is 5.40. The normalized spacial score (nSPS) is 31.7. The van der Waals surface area contributed by atoms with Gasteiger partial charge in [0.25, 0.3) is 0 Å². The van der Waals surface area contributed by atoms with Crippen molar-refractivity contribution in [2.24, 2.45) is 11.8 Å². The summed E-state index contributed by atoms with van der Waals surface area (Å²) in [6, 6.07) is 0. The topological polar surface area (TPSA) is 84.4 Å². The zero-order chi connectivity index (χ0) is 15.3. The molecule has 3 heterocycles. The molecule has 2 saturated heterocycles. The van der Waals surface area contributed by atoms with Crippen molar-refractivity contribution in [3.63, 3.8) is 0 Å². The summed E-state index contributed by atoms with van der Waals surface area (Å²) < 4.78 is 32.6. The van der Waals surface area contributed by atoms with Crippen LogP contribution in [0.2, 0.25) is 0 Å². The Kier molecular flexibility index (Phi) is 3.63. The second-order valence-corrected chi connectivity index (χ2v) is 9.60. The summed E-state index contributed by atoms with van der Waals surface area (Å²) in [5, 5.41) is 10.00. The first kappa shape index (κ1) is 14.8. The van der Waals surface area contributed by atoms with Crippen LogP contribution in [0, 0.1) is 18.8 Å². The van der Waals surface area contributed by atoms with Crippen LogP contribution in [0.4, 0.5) is 5.13 Å². The number of anilines is 1. The Labute approximate surface area is 134 Å². The number of nitrogens with one attached hydrogen (secondary N) is 1. The number of hydrogen-bond acceptors (Lipinski definition) is 7. The van der Waals surface area contributed by atoms with Crippen LogP contribution in [0.25, 0.3) is 0 Å². The number of ether oxygens (including phenoxy) is 1. The molecule has 0 unspecified atom stereocenters. The van der Waals surface area contributed by atoms with Crippen molar-refractivity contribution in [2.45, 2.75) is 31.1 Å².